The van der Waals surface area contributed by atoms with Crippen LogP contribution in [0.25, 0.3) is 0 Å². The molecule has 1 saturated heterocycles. The van der Waals surface area contributed by atoms with E-state index >= 15 is 0 Å². The van der Waals surface area contributed by atoms with E-state index in [1.807, 2.05) is 4.90 Å². The van der Waals surface area contributed by atoms with Gasteiger partial charge in [-0.2, -0.15) is 0 Å². The molecular weight excluding hydrogens is 238 g/mol. The van der Waals surface area contributed by atoms with Crippen LogP contribution in [-0.4, -0.2) is 37.1 Å². The maximum Gasteiger partial charge on any atom is 0.248 e. The molecule has 0 aromatic rings. The third-order valence-corrected chi connectivity index (χ3v) is 3.83. The molecule has 3 nitrogen and oxygen atoms in total. The third-order valence-electron chi connectivity index (χ3n) is 3.83. The van der Waals surface area contributed by atoms with Crippen molar-refractivity contribution in [3.63, 3.8) is 0 Å². The number of amides is 1. The van der Waals surface area contributed by atoms with Gasteiger partial charge >= 0.3 is 0 Å². The summed E-state index contributed by atoms with van der Waals surface area (Å²) >= 11 is 0. The highest BCUT2D eigenvalue weighted by molar-refractivity contribution is 5.77. The minimum Gasteiger partial charge on any atom is -0.371 e. The van der Waals surface area contributed by atoms with Crippen molar-refractivity contribution in [1.82, 2.24) is 4.90 Å². The van der Waals surface area contributed by atoms with Crippen LogP contribution < -0.4 is 0 Å². The highest BCUT2D eigenvalue weighted by Gasteiger charge is 2.30. The summed E-state index contributed by atoms with van der Waals surface area (Å²) in [4.78, 5) is 14.0. The first-order chi connectivity index (χ1) is 8.59. The Morgan fingerprint density at radius 1 is 1.11 bits per heavy atom. The molecular formula is C16H31NO2. The van der Waals surface area contributed by atoms with Crippen molar-refractivity contribution in [2.24, 2.45) is 16.7 Å². The summed E-state index contributed by atoms with van der Waals surface area (Å²) in [5.41, 5.74) is 0.484. The molecule has 1 aliphatic rings. The molecule has 3 heteroatoms. The van der Waals surface area contributed by atoms with Crippen molar-refractivity contribution in [3.8, 4) is 0 Å². The number of ether oxygens (including phenoxy) is 1. The van der Waals surface area contributed by atoms with Crippen molar-refractivity contribution in [1.29, 1.82) is 0 Å². The Morgan fingerprint density at radius 3 is 2.05 bits per heavy atom. The largest absolute Gasteiger partial charge is 0.371 e. The zero-order chi connectivity index (χ0) is 14.7. The molecule has 0 aromatic carbocycles. The van der Waals surface area contributed by atoms with E-state index in [0.29, 0.717) is 12.0 Å². The Hall–Kier alpha value is -0.570. The monoisotopic (exact) mass is 269 g/mol. The number of hydrogen-bond acceptors (Lipinski definition) is 2. The zero-order valence-corrected chi connectivity index (χ0v) is 13.6. The Kier molecular flexibility index (Phi) is 5.43. The summed E-state index contributed by atoms with van der Waals surface area (Å²) < 4.78 is 5.52. The van der Waals surface area contributed by atoms with Crippen LogP contribution in [0.3, 0.4) is 0 Å². The number of carbonyl (C=O) groups excluding carboxylic acids is 1. The van der Waals surface area contributed by atoms with Gasteiger partial charge in [-0.15, -0.1) is 0 Å². The summed E-state index contributed by atoms with van der Waals surface area (Å²) in [5.74, 6) is 0.878. The quantitative estimate of drug-likeness (QED) is 0.786. The molecule has 0 aliphatic carbocycles. The first-order valence-corrected chi connectivity index (χ1v) is 7.45. The van der Waals surface area contributed by atoms with Crippen molar-refractivity contribution < 1.29 is 9.53 Å². The van der Waals surface area contributed by atoms with Gasteiger partial charge in [-0.1, -0.05) is 41.5 Å². The second kappa shape index (κ2) is 6.25. The normalized spacial score (nSPS) is 18.7. The summed E-state index contributed by atoms with van der Waals surface area (Å²) in [6, 6.07) is 0. The van der Waals surface area contributed by atoms with Gasteiger partial charge in [-0.05, 0) is 29.6 Å². The smallest absolute Gasteiger partial charge is 0.248 e. The Labute approximate surface area is 118 Å². The summed E-state index contributed by atoms with van der Waals surface area (Å²) in [6.07, 6.45) is 2.24. The van der Waals surface area contributed by atoms with E-state index in [1.54, 1.807) is 0 Å². The molecule has 0 N–H and O–H groups in total. The maximum absolute atomic E-state index is 12.0. The average molecular weight is 269 g/mol. The minimum absolute atomic E-state index is 0.125. The molecule has 0 radical (unpaired) electrons. The van der Waals surface area contributed by atoms with Crippen molar-refractivity contribution >= 4 is 5.91 Å². The van der Waals surface area contributed by atoms with E-state index in [4.69, 9.17) is 4.74 Å². The molecule has 0 spiro atoms. The lowest BCUT2D eigenvalue weighted by atomic mass is 9.75. The summed E-state index contributed by atoms with van der Waals surface area (Å²) in [5, 5.41) is 0. The fourth-order valence-corrected chi connectivity index (χ4v) is 2.53. The van der Waals surface area contributed by atoms with Crippen LogP contribution >= 0.6 is 0 Å². The van der Waals surface area contributed by atoms with Gasteiger partial charge in [0.15, 0.2) is 0 Å². The number of rotatable bonds is 3. The van der Waals surface area contributed by atoms with Crippen LogP contribution in [0.5, 0.6) is 0 Å². The average Bonchev–Trinajstić information content (AvgIpc) is 2.26. The number of piperidine rings is 1. The highest BCUT2D eigenvalue weighted by Crippen LogP contribution is 2.34. The van der Waals surface area contributed by atoms with Crippen LogP contribution in [0.15, 0.2) is 0 Å². The topological polar surface area (TPSA) is 29.5 Å². The Bertz CT molecular complexity index is 291. The Morgan fingerprint density at radius 2 is 1.63 bits per heavy atom. The van der Waals surface area contributed by atoms with Crippen molar-refractivity contribution in [2.75, 3.05) is 26.3 Å². The van der Waals surface area contributed by atoms with E-state index in [1.165, 1.54) is 0 Å². The van der Waals surface area contributed by atoms with Gasteiger partial charge < -0.3 is 9.64 Å². The van der Waals surface area contributed by atoms with Gasteiger partial charge in [0, 0.05) is 13.1 Å². The fourth-order valence-electron chi connectivity index (χ4n) is 2.53. The molecule has 0 atom stereocenters. The van der Waals surface area contributed by atoms with E-state index < -0.39 is 0 Å². The summed E-state index contributed by atoms with van der Waals surface area (Å²) in [6.45, 7) is 15.9. The molecule has 112 valence electrons. The van der Waals surface area contributed by atoms with Crippen LogP contribution in [0.4, 0.5) is 0 Å². The maximum atomic E-state index is 12.0. The molecule has 1 aliphatic heterocycles. The number of nitrogens with zero attached hydrogens (tertiary/aromatic N) is 1. The van der Waals surface area contributed by atoms with E-state index in [0.717, 1.165) is 31.8 Å². The first kappa shape index (κ1) is 16.5. The first-order valence-electron chi connectivity index (χ1n) is 7.45. The SMILES string of the molecule is CC(C)(C)COCC(=O)N1CCC(C(C)(C)C)CC1. The highest BCUT2D eigenvalue weighted by atomic mass is 16.5. The predicted molar refractivity (Wildman–Crippen MR) is 79.0 cm³/mol. The molecule has 0 unspecified atom stereocenters. The lowest BCUT2D eigenvalue weighted by Crippen LogP contribution is -2.43. The van der Waals surface area contributed by atoms with Gasteiger partial charge in [-0.3, -0.25) is 4.79 Å². The number of likely N-dealkylation sites (tertiary alicyclic amines) is 1. The molecule has 1 amide bonds. The second-order valence-electron chi connectivity index (χ2n) is 8.07. The molecule has 1 heterocycles. The molecule has 0 saturated carbocycles. The van der Waals surface area contributed by atoms with Gasteiger partial charge in [0.25, 0.3) is 0 Å². The number of carbonyl (C=O) groups is 1. The molecule has 1 rings (SSSR count). The van der Waals surface area contributed by atoms with Gasteiger partial charge in [0.05, 0.1) is 6.61 Å². The van der Waals surface area contributed by atoms with Gasteiger partial charge in [0.1, 0.15) is 6.61 Å². The Balaban J connectivity index is 2.29. The molecule has 1 fully saturated rings. The third kappa shape index (κ3) is 5.94. The lowest BCUT2D eigenvalue weighted by molar-refractivity contribution is -0.139. The van der Waals surface area contributed by atoms with Crippen molar-refractivity contribution in [3.05, 3.63) is 0 Å². The van der Waals surface area contributed by atoms with Gasteiger partial charge in [-0.25, -0.2) is 0 Å². The second-order valence-corrected chi connectivity index (χ2v) is 8.07. The molecule has 0 aromatic heterocycles. The van der Waals surface area contributed by atoms with Crippen LogP contribution in [0.2, 0.25) is 0 Å². The molecule has 19 heavy (non-hydrogen) atoms. The predicted octanol–water partition coefficient (Wildman–Crippen LogP) is 3.33. The van der Waals surface area contributed by atoms with Crippen LogP contribution in [-0.2, 0) is 9.53 Å². The lowest BCUT2D eigenvalue weighted by Gasteiger charge is -2.38. The number of hydrogen-bond donors (Lipinski definition) is 0. The van der Waals surface area contributed by atoms with E-state index in [2.05, 4.69) is 41.5 Å². The van der Waals surface area contributed by atoms with Crippen LogP contribution in [0, 0.1) is 16.7 Å². The van der Waals surface area contributed by atoms with E-state index in [-0.39, 0.29) is 17.9 Å². The zero-order valence-electron chi connectivity index (χ0n) is 13.6. The van der Waals surface area contributed by atoms with E-state index in [9.17, 15) is 4.79 Å². The fraction of sp³-hybridized carbons (Fsp3) is 0.938. The van der Waals surface area contributed by atoms with Crippen LogP contribution in [0.1, 0.15) is 54.4 Å². The standard InChI is InChI=1S/C16H31NO2/c1-15(2,3)12-19-11-14(18)17-9-7-13(8-10-17)16(4,5)6/h13H,7-12H2,1-6H3. The van der Waals surface area contributed by atoms with Crippen molar-refractivity contribution in [2.45, 2.75) is 54.4 Å². The minimum atomic E-state index is 0.125. The molecule has 0 bridgehead atoms. The summed E-state index contributed by atoms with van der Waals surface area (Å²) in [7, 11) is 0. The van der Waals surface area contributed by atoms with Gasteiger partial charge in [0.2, 0.25) is 5.91 Å².